The van der Waals surface area contributed by atoms with Gasteiger partial charge in [0.05, 0.1) is 5.75 Å². The van der Waals surface area contributed by atoms with Crippen LogP contribution in [0.1, 0.15) is 10.5 Å². The lowest BCUT2D eigenvalue weighted by atomic mass is 10.1. The number of rotatable bonds is 2. The van der Waals surface area contributed by atoms with Crippen LogP contribution >= 0.6 is 0 Å². The quantitative estimate of drug-likeness (QED) is 0.876. The first kappa shape index (κ1) is 12.8. The molecule has 2 N–H and O–H groups in total. The Balaban J connectivity index is 2.27. The highest BCUT2D eigenvalue weighted by Gasteiger charge is 2.34. The van der Waals surface area contributed by atoms with Gasteiger partial charge >= 0.3 is 0 Å². The van der Waals surface area contributed by atoms with E-state index in [1.54, 1.807) is 0 Å². The van der Waals surface area contributed by atoms with E-state index in [-0.39, 0.29) is 28.8 Å². The molecule has 2 aromatic rings. The lowest BCUT2D eigenvalue weighted by molar-refractivity contribution is 0.0992. The number of imidazole rings is 1. The second-order valence-electron chi connectivity index (χ2n) is 4.43. The van der Waals surface area contributed by atoms with Crippen LogP contribution < -0.4 is 5.73 Å². The van der Waals surface area contributed by atoms with Crippen LogP contribution in [0.25, 0.3) is 11.3 Å². The first-order valence-corrected chi connectivity index (χ1v) is 7.44. The zero-order chi connectivity index (χ0) is 14.5. The van der Waals surface area contributed by atoms with Crippen molar-refractivity contribution in [2.24, 2.45) is 5.73 Å². The summed E-state index contributed by atoms with van der Waals surface area (Å²) in [5.41, 5.74) is 5.96. The van der Waals surface area contributed by atoms with Gasteiger partial charge in [-0.3, -0.25) is 4.79 Å². The number of nitrogens with zero attached hydrogens (tertiary/aromatic N) is 2. The highest BCUT2D eigenvalue weighted by atomic mass is 32.2. The van der Waals surface area contributed by atoms with Gasteiger partial charge in [0, 0.05) is 12.1 Å². The molecule has 2 heterocycles. The maximum absolute atomic E-state index is 12.9. The fraction of sp³-hybridized carbons (Fsp3) is 0.167. The summed E-state index contributed by atoms with van der Waals surface area (Å²) in [6.45, 7) is 0.143. The minimum atomic E-state index is -3.49. The monoisotopic (exact) mass is 295 g/mol. The van der Waals surface area contributed by atoms with Gasteiger partial charge in [-0.25, -0.2) is 17.8 Å². The second-order valence-corrected chi connectivity index (χ2v) is 6.44. The molecule has 1 aliphatic heterocycles. The summed E-state index contributed by atoms with van der Waals surface area (Å²) in [5.74, 6) is -1.30. The molecule has 1 amide bonds. The van der Waals surface area contributed by atoms with Crippen molar-refractivity contribution in [1.29, 1.82) is 0 Å². The van der Waals surface area contributed by atoms with Crippen LogP contribution in [0.2, 0.25) is 0 Å². The van der Waals surface area contributed by atoms with E-state index in [2.05, 4.69) is 4.98 Å². The van der Waals surface area contributed by atoms with E-state index in [9.17, 15) is 17.6 Å². The van der Waals surface area contributed by atoms with Crippen LogP contribution in [0.3, 0.4) is 0 Å². The molecule has 6 nitrogen and oxygen atoms in total. The summed E-state index contributed by atoms with van der Waals surface area (Å²) < 4.78 is 37.9. The summed E-state index contributed by atoms with van der Waals surface area (Å²) in [4.78, 5) is 15.6. The predicted molar refractivity (Wildman–Crippen MR) is 68.2 cm³/mol. The average Bonchev–Trinajstić information content (AvgIpc) is 2.89. The minimum absolute atomic E-state index is 0.0349. The van der Waals surface area contributed by atoms with Crippen molar-refractivity contribution in [3.63, 3.8) is 0 Å². The van der Waals surface area contributed by atoms with Crippen LogP contribution in [0.15, 0.2) is 29.4 Å². The van der Waals surface area contributed by atoms with Crippen LogP contribution in [0, 0.1) is 5.82 Å². The van der Waals surface area contributed by atoms with Gasteiger partial charge in [-0.15, -0.1) is 0 Å². The molecule has 0 aliphatic carbocycles. The van der Waals surface area contributed by atoms with Crippen molar-refractivity contribution in [1.82, 2.24) is 9.55 Å². The molecule has 20 heavy (non-hydrogen) atoms. The molecular formula is C12H10FN3O3S. The molecule has 0 bridgehead atoms. The molecule has 0 saturated heterocycles. The molecule has 8 heteroatoms. The normalized spacial score (nSPS) is 16.1. The van der Waals surface area contributed by atoms with Crippen molar-refractivity contribution >= 4 is 15.7 Å². The van der Waals surface area contributed by atoms with Gasteiger partial charge in [0.2, 0.25) is 15.0 Å². The first-order valence-electron chi connectivity index (χ1n) is 5.79. The van der Waals surface area contributed by atoms with E-state index in [1.807, 2.05) is 0 Å². The number of halogens is 1. The topological polar surface area (TPSA) is 95.1 Å². The maximum Gasteiger partial charge on any atom is 0.267 e. The number of nitrogens with two attached hydrogens (primary N) is 1. The Morgan fingerprint density at radius 1 is 1.30 bits per heavy atom. The lowest BCUT2D eigenvalue weighted by Crippen LogP contribution is -2.17. The van der Waals surface area contributed by atoms with Gasteiger partial charge in [-0.2, -0.15) is 0 Å². The molecule has 0 spiro atoms. The Morgan fingerprint density at radius 3 is 2.55 bits per heavy atom. The Hall–Kier alpha value is -2.22. The van der Waals surface area contributed by atoms with Gasteiger partial charge in [-0.05, 0) is 24.3 Å². The van der Waals surface area contributed by atoms with Crippen LogP contribution in [-0.2, 0) is 16.4 Å². The molecule has 0 saturated carbocycles. The number of benzene rings is 1. The Kier molecular flexibility index (Phi) is 2.65. The molecule has 1 aromatic heterocycles. The van der Waals surface area contributed by atoms with Crippen molar-refractivity contribution in [2.45, 2.75) is 11.7 Å². The van der Waals surface area contributed by atoms with E-state index in [0.29, 0.717) is 5.56 Å². The zero-order valence-electron chi connectivity index (χ0n) is 10.2. The average molecular weight is 295 g/mol. The first-order chi connectivity index (χ1) is 9.40. The molecule has 0 radical (unpaired) electrons. The summed E-state index contributed by atoms with van der Waals surface area (Å²) >= 11 is 0. The van der Waals surface area contributed by atoms with E-state index in [1.165, 1.54) is 28.8 Å². The molecule has 1 aliphatic rings. The zero-order valence-corrected chi connectivity index (χ0v) is 11.0. The number of carbonyl (C=O) groups excluding carboxylic acids is 1. The van der Waals surface area contributed by atoms with Crippen molar-refractivity contribution in [3.05, 3.63) is 35.8 Å². The van der Waals surface area contributed by atoms with Crippen molar-refractivity contribution in [2.75, 3.05) is 5.75 Å². The third-order valence-corrected chi connectivity index (χ3v) is 4.73. The maximum atomic E-state index is 12.9. The minimum Gasteiger partial charge on any atom is -0.364 e. The lowest BCUT2D eigenvalue weighted by Gasteiger charge is -2.03. The number of amides is 1. The number of hydrogen-bond donors (Lipinski definition) is 1. The van der Waals surface area contributed by atoms with Crippen LogP contribution in [0.4, 0.5) is 4.39 Å². The highest BCUT2D eigenvalue weighted by Crippen LogP contribution is 2.29. The Bertz CT molecular complexity index is 809. The van der Waals surface area contributed by atoms with Gasteiger partial charge < -0.3 is 10.3 Å². The van der Waals surface area contributed by atoms with E-state index in [0.717, 1.165) is 0 Å². The summed E-state index contributed by atoms with van der Waals surface area (Å²) in [6, 6.07) is 5.26. The van der Waals surface area contributed by atoms with Crippen LogP contribution in [0.5, 0.6) is 0 Å². The molecule has 0 fully saturated rings. The number of fused-ring (bicyclic) bond motifs is 1. The standard InChI is InChI=1S/C12H10FN3O3S/c13-8-3-1-7(2-4-8)9-10(11(14)17)16-5-6-20(18,19)12(16)15-9/h1-4H,5-6H2,(H2,14,17). The van der Waals surface area contributed by atoms with Gasteiger partial charge in [0.15, 0.2) is 0 Å². The second kappa shape index (κ2) is 4.14. The molecule has 0 unspecified atom stereocenters. The third kappa shape index (κ3) is 1.80. The van der Waals surface area contributed by atoms with Crippen molar-refractivity contribution in [3.8, 4) is 11.3 Å². The summed E-state index contributed by atoms with van der Waals surface area (Å²) in [6.07, 6.45) is 0. The highest BCUT2D eigenvalue weighted by molar-refractivity contribution is 7.91. The molecule has 0 atom stereocenters. The van der Waals surface area contributed by atoms with E-state index < -0.39 is 21.6 Å². The van der Waals surface area contributed by atoms with Gasteiger partial charge in [0.1, 0.15) is 17.2 Å². The number of hydrogen-bond acceptors (Lipinski definition) is 4. The third-order valence-electron chi connectivity index (χ3n) is 3.15. The SMILES string of the molecule is NC(=O)c1c(-c2ccc(F)cc2)nc2n1CCS2(=O)=O. The molecule has 104 valence electrons. The Morgan fingerprint density at radius 2 is 1.95 bits per heavy atom. The fourth-order valence-corrected chi connectivity index (χ4v) is 3.59. The smallest absolute Gasteiger partial charge is 0.267 e. The molecule has 3 rings (SSSR count). The summed E-state index contributed by atoms with van der Waals surface area (Å²) in [7, 11) is -3.49. The number of aromatic nitrogens is 2. The van der Waals surface area contributed by atoms with E-state index >= 15 is 0 Å². The number of sulfone groups is 1. The van der Waals surface area contributed by atoms with Gasteiger partial charge in [-0.1, -0.05) is 0 Å². The molecule has 1 aromatic carbocycles. The fourth-order valence-electron chi connectivity index (χ4n) is 2.24. The number of primary amides is 1. The largest absolute Gasteiger partial charge is 0.364 e. The molecular weight excluding hydrogens is 285 g/mol. The summed E-state index contributed by atoms with van der Waals surface area (Å²) in [5, 5.41) is -0.161. The van der Waals surface area contributed by atoms with Crippen LogP contribution in [-0.4, -0.2) is 29.6 Å². The van der Waals surface area contributed by atoms with Crippen molar-refractivity contribution < 1.29 is 17.6 Å². The Labute approximate surface area is 114 Å². The number of carbonyl (C=O) groups is 1. The predicted octanol–water partition coefficient (Wildman–Crippen LogP) is 0.575. The van der Waals surface area contributed by atoms with Gasteiger partial charge in [0.25, 0.3) is 5.91 Å². The van der Waals surface area contributed by atoms with E-state index in [4.69, 9.17) is 5.73 Å².